The lowest BCUT2D eigenvalue weighted by molar-refractivity contribution is -0.136. The molecule has 0 bridgehead atoms. The minimum Gasteiger partial charge on any atom is -0.336 e. The number of likely N-dealkylation sites (N-methyl/N-ethyl adjacent to an activating group) is 1. The smallest absolute Gasteiger partial charge is 0.240 e. The highest BCUT2D eigenvalue weighted by molar-refractivity contribution is 5.82. The van der Waals surface area contributed by atoms with Gasteiger partial charge in [-0.2, -0.15) is 0 Å². The second kappa shape index (κ2) is 6.17. The standard InChI is InChI=1S/C15H23N3O/c1-12-11-17(2)8-9-18(12)15(19)14(16)10-13-6-4-3-5-7-13/h3-7,12,14H,8-11,16H2,1-2H3/t12?,14-/m0/s1. The highest BCUT2D eigenvalue weighted by atomic mass is 16.2. The average molecular weight is 261 g/mol. The molecule has 1 aliphatic heterocycles. The third-order valence-corrected chi connectivity index (χ3v) is 3.73. The van der Waals surface area contributed by atoms with Crippen LogP contribution in [0.3, 0.4) is 0 Å². The van der Waals surface area contributed by atoms with Crippen molar-refractivity contribution in [2.45, 2.75) is 25.4 Å². The van der Waals surface area contributed by atoms with Crippen molar-refractivity contribution < 1.29 is 4.79 Å². The maximum absolute atomic E-state index is 12.4. The first-order chi connectivity index (χ1) is 9.08. The average Bonchev–Trinajstić information content (AvgIpc) is 2.39. The third kappa shape index (κ3) is 3.55. The maximum Gasteiger partial charge on any atom is 0.240 e. The van der Waals surface area contributed by atoms with Gasteiger partial charge in [-0.1, -0.05) is 30.3 Å². The third-order valence-electron chi connectivity index (χ3n) is 3.73. The molecule has 104 valence electrons. The normalized spacial score (nSPS) is 22.3. The van der Waals surface area contributed by atoms with Gasteiger partial charge >= 0.3 is 0 Å². The minimum absolute atomic E-state index is 0.0736. The fraction of sp³-hybridized carbons (Fsp3) is 0.533. The van der Waals surface area contributed by atoms with Gasteiger partial charge < -0.3 is 15.5 Å². The monoisotopic (exact) mass is 261 g/mol. The van der Waals surface area contributed by atoms with E-state index in [4.69, 9.17) is 5.73 Å². The lowest BCUT2D eigenvalue weighted by Gasteiger charge is -2.39. The van der Waals surface area contributed by atoms with Crippen molar-refractivity contribution in [2.24, 2.45) is 5.73 Å². The summed E-state index contributed by atoms with van der Waals surface area (Å²) in [7, 11) is 2.09. The van der Waals surface area contributed by atoms with Crippen LogP contribution in [0.2, 0.25) is 0 Å². The van der Waals surface area contributed by atoms with Gasteiger partial charge in [-0.15, -0.1) is 0 Å². The molecule has 1 saturated heterocycles. The number of rotatable bonds is 3. The van der Waals surface area contributed by atoms with Crippen molar-refractivity contribution in [1.82, 2.24) is 9.80 Å². The number of carbonyl (C=O) groups is 1. The van der Waals surface area contributed by atoms with Gasteiger partial charge in [-0.25, -0.2) is 0 Å². The molecule has 1 heterocycles. The SMILES string of the molecule is CC1CN(C)CCN1C(=O)[C@@H](N)Cc1ccccc1. The number of carbonyl (C=O) groups excluding carboxylic acids is 1. The van der Waals surface area contributed by atoms with Crippen LogP contribution in [0, 0.1) is 0 Å². The molecule has 1 aromatic carbocycles. The molecule has 0 radical (unpaired) electrons. The molecule has 1 aromatic rings. The highest BCUT2D eigenvalue weighted by Gasteiger charge is 2.28. The van der Waals surface area contributed by atoms with E-state index >= 15 is 0 Å². The summed E-state index contributed by atoms with van der Waals surface area (Å²) in [4.78, 5) is 16.6. The molecule has 4 heteroatoms. The Morgan fingerprint density at radius 2 is 2.05 bits per heavy atom. The van der Waals surface area contributed by atoms with Crippen LogP contribution >= 0.6 is 0 Å². The Balaban J connectivity index is 1.95. The van der Waals surface area contributed by atoms with Crippen LogP contribution in [0.1, 0.15) is 12.5 Å². The molecule has 2 N–H and O–H groups in total. The number of benzene rings is 1. The molecule has 1 amide bonds. The molecule has 1 unspecified atom stereocenters. The molecule has 2 atom stereocenters. The summed E-state index contributed by atoms with van der Waals surface area (Å²) < 4.78 is 0. The van der Waals surface area contributed by atoms with Crippen LogP contribution in [0.15, 0.2) is 30.3 Å². The van der Waals surface area contributed by atoms with Crippen molar-refractivity contribution in [3.05, 3.63) is 35.9 Å². The largest absolute Gasteiger partial charge is 0.336 e. The fourth-order valence-electron chi connectivity index (χ4n) is 2.64. The van der Waals surface area contributed by atoms with Gasteiger partial charge in [-0.3, -0.25) is 4.79 Å². The Morgan fingerprint density at radius 3 is 2.68 bits per heavy atom. The predicted molar refractivity (Wildman–Crippen MR) is 76.8 cm³/mol. The quantitative estimate of drug-likeness (QED) is 0.872. The van der Waals surface area contributed by atoms with Crippen LogP contribution in [0.4, 0.5) is 0 Å². The number of nitrogens with zero attached hydrogens (tertiary/aromatic N) is 2. The van der Waals surface area contributed by atoms with Crippen molar-refractivity contribution in [2.75, 3.05) is 26.7 Å². The molecule has 2 rings (SSSR count). The molecular weight excluding hydrogens is 238 g/mol. The minimum atomic E-state index is -0.437. The van der Waals surface area contributed by atoms with E-state index in [1.54, 1.807) is 0 Å². The maximum atomic E-state index is 12.4. The summed E-state index contributed by atoms with van der Waals surface area (Å²) >= 11 is 0. The Morgan fingerprint density at radius 1 is 1.37 bits per heavy atom. The van der Waals surface area contributed by atoms with Crippen LogP contribution in [0.25, 0.3) is 0 Å². The first kappa shape index (κ1) is 14.0. The Bertz CT molecular complexity index is 421. The van der Waals surface area contributed by atoms with E-state index in [0.29, 0.717) is 6.42 Å². The molecule has 0 aliphatic carbocycles. The molecule has 4 nitrogen and oxygen atoms in total. The molecule has 0 aromatic heterocycles. The predicted octanol–water partition coefficient (Wildman–Crippen LogP) is 0.719. The van der Waals surface area contributed by atoms with E-state index < -0.39 is 6.04 Å². The number of hydrogen-bond donors (Lipinski definition) is 1. The molecule has 1 aliphatic rings. The summed E-state index contributed by atoms with van der Waals surface area (Å²) in [5.74, 6) is 0.0736. The van der Waals surface area contributed by atoms with E-state index in [1.165, 1.54) is 0 Å². The Labute approximate surface area is 115 Å². The number of hydrogen-bond acceptors (Lipinski definition) is 3. The summed E-state index contributed by atoms with van der Waals surface area (Å²) in [6, 6.07) is 9.76. The van der Waals surface area contributed by atoms with Gasteiger partial charge in [0.2, 0.25) is 5.91 Å². The molecule has 19 heavy (non-hydrogen) atoms. The van der Waals surface area contributed by atoms with Crippen LogP contribution < -0.4 is 5.73 Å². The highest BCUT2D eigenvalue weighted by Crippen LogP contribution is 2.11. The van der Waals surface area contributed by atoms with E-state index in [2.05, 4.69) is 18.9 Å². The number of piperazine rings is 1. The van der Waals surface area contributed by atoms with Gasteiger partial charge in [0.05, 0.1) is 6.04 Å². The van der Waals surface area contributed by atoms with Gasteiger partial charge in [0.15, 0.2) is 0 Å². The van der Waals surface area contributed by atoms with Crippen molar-refractivity contribution in [3.8, 4) is 0 Å². The lowest BCUT2D eigenvalue weighted by atomic mass is 10.0. The molecule has 1 fully saturated rings. The number of amides is 1. The fourth-order valence-corrected chi connectivity index (χ4v) is 2.64. The van der Waals surface area contributed by atoms with Crippen molar-refractivity contribution in [3.63, 3.8) is 0 Å². The summed E-state index contributed by atoms with van der Waals surface area (Å²) in [6.45, 7) is 4.71. The summed E-state index contributed by atoms with van der Waals surface area (Å²) in [5.41, 5.74) is 7.19. The second-order valence-corrected chi connectivity index (χ2v) is 5.44. The van der Waals surface area contributed by atoms with E-state index in [0.717, 1.165) is 25.2 Å². The van der Waals surface area contributed by atoms with Gasteiger partial charge in [0.25, 0.3) is 0 Å². The van der Waals surface area contributed by atoms with Gasteiger partial charge in [-0.05, 0) is 26.0 Å². The zero-order chi connectivity index (χ0) is 13.8. The van der Waals surface area contributed by atoms with E-state index in [1.807, 2.05) is 35.2 Å². The van der Waals surface area contributed by atoms with Crippen LogP contribution in [0.5, 0.6) is 0 Å². The molecular formula is C15H23N3O. The van der Waals surface area contributed by atoms with Crippen LogP contribution in [-0.2, 0) is 11.2 Å². The zero-order valence-corrected chi connectivity index (χ0v) is 11.7. The van der Waals surface area contributed by atoms with E-state index in [-0.39, 0.29) is 11.9 Å². The first-order valence-electron chi connectivity index (χ1n) is 6.86. The number of nitrogens with two attached hydrogens (primary N) is 1. The Kier molecular flexibility index (Phi) is 4.56. The molecule has 0 saturated carbocycles. The Hall–Kier alpha value is -1.39. The van der Waals surface area contributed by atoms with Crippen LogP contribution in [-0.4, -0.2) is 54.5 Å². The van der Waals surface area contributed by atoms with Crippen molar-refractivity contribution >= 4 is 5.91 Å². The first-order valence-corrected chi connectivity index (χ1v) is 6.86. The zero-order valence-electron chi connectivity index (χ0n) is 11.7. The molecule has 0 spiro atoms. The topological polar surface area (TPSA) is 49.6 Å². The summed E-state index contributed by atoms with van der Waals surface area (Å²) in [5, 5.41) is 0. The van der Waals surface area contributed by atoms with Crippen molar-refractivity contribution in [1.29, 1.82) is 0 Å². The summed E-state index contributed by atoms with van der Waals surface area (Å²) in [6.07, 6.45) is 0.610. The van der Waals surface area contributed by atoms with Gasteiger partial charge in [0, 0.05) is 25.7 Å². The second-order valence-electron chi connectivity index (χ2n) is 5.44. The van der Waals surface area contributed by atoms with E-state index in [9.17, 15) is 4.79 Å². The van der Waals surface area contributed by atoms with Gasteiger partial charge in [0.1, 0.15) is 0 Å². The lowest BCUT2D eigenvalue weighted by Crippen LogP contribution is -2.57.